The predicted molar refractivity (Wildman–Crippen MR) is 98.0 cm³/mol. The highest BCUT2D eigenvalue weighted by Crippen LogP contribution is 2.31. The summed E-state index contributed by atoms with van der Waals surface area (Å²) in [7, 11) is 0. The molecule has 1 heterocycles. The monoisotopic (exact) mass is 390 g/mol. The van der Waals surface area contributed by atoms with E-state index in [4.69, 9.17) is 0 Å². The van der Waals surface area contributed by atoms with Crippen LogP contribution in [-0.2, 0) is 4.79 Å². The molecule has 0 saturated carbocycles. The number of para-hydroxylation sites is 1. The normalized spacial score (nSPS) is 13.2. The van der Waals surface area contributed by atoms with Gasteiger partial charge < -0.3 is 5.32 Å². The lowest BCUT2D eigenvalue weighted by Gasteiger charge is -2.14. The van der Waals surface area contributed by atoms with Crippen LogP contribution in [0.3, 0.4) is 0 Å². The van der Waals surface area contributed by atoms with Crippen molar-refractivity contribution in [3.05, 3.63) is 59.7 Å². The van der Waals surface area contributed by atoms with Crippen LogP contribution in [-0.4, -0.2) is 34.9 Å². The van der Waals surface area contributed by atoms with Gasteiger partial charge in [-0.1, -0.05) is 36.0 Å². The Morgan fingerprint density at radius 2 is 1.59 bits per heavy atom. The number of nitrogens with zero attached hydrogens (tertiary/aromatic N) is 1. The smallest absolute Gasteiger partial charge is 0.288 e. The predicted octanol–water partition coefficient (Wildman–Crippen LogP) is 4.02. The van der Waals surface area contributed by atoms with Crippen LogP contribution in [0.1, 0.15) is 33.6 Å². The first-order chi connectivity index (χ1) is 13.0. The summed E-state index contributed by atoms with van der Waals surface area (Å²) in [6.45, 7) is 0.118. The van der Waals surface area contributed by atoms with Gasteiger partial charge in [-0.2, -0.15) is 8.78 Å². The molecular weight excluding hydrogens is 374 g/mol. The molecule has 0 aliphatic carbocycles. The maximum atomic E-state index is 12.6. The van der Waals surface area contributed by atoms with Gasteiger partial charge in [-0.15, -0.1) is 0 Å². The fraction of sp³-hybridized carbons (Fsp3) is 0.211. The molecule has 3 amide bonds. The van der Waals surface area contributed by atoms with Gasteiger partial charge in [0.2, 0.25) is 5.91 Å². The van der Waals surface area contributed by atoms with Gasteiger partial charge in [0, 0.05) is 17.9 Å². The third kappa shape index (κ3) is 4.33. The van der Waals surface area contributed by atoms with Crippen LogP contribution in [0, 0.1) is 0 Å². The van der Waals surface area contributed by atoms with Crippen molar-refractivity contribution in [1.29, 1.82) is 0 Å². The summed E-state index contributed by atoms with van der Waals surface area (Å²) in [5, 5.41) is 2.60. The first-order valence-corrected chi connectivity index (χ1v) is 9.14. The summed E-state index contributed by atoms with van der Waals surface area (Å²) in [5.74, 6) is -3.69. The number of anilines is 1. The van der Waals surface area contributed by atoms with Crippen LogP contribution in [0.2, 0.25) is 0 Å². The lowest BCUT2D eigenvalue weighted by Crippen LogP contribution is -2.31. The van der Waals surface area contributed by atoms with E-state index in [9.17, 15) is 23.2 Å². The number of carbonyl (C=O) groups excluding carboxylic acids is 3. The quantitative estimate of drug-likeness (QED) is 0.573. The van der Waals surface area contributed by atoms with Crippen molar-refractivity contribution >= 4 is 35.2 Å². The summed E-state index contributed by atoms with van der Waals surface area (Å²) in [6.07, 6.45) is 0.336. The number of nitrogens with one attached hydrogen (secondary N) is 1. The number of imide groups is 1. The summed E-state index contributed by atoms with van der Waals surface area (Å²) < 4.78 is 25.2. The molecular formula is C19H16F2N2O3S. The Hall–Kier alpha value is -2.74. The molecule has 5 nitrogen and oxygen atoms in total. The second-order valence-electron chi connectivity index (χ2n) is 5.83. The molecule has 0 bridgehead atoms. The number of alkyl halides is 2. The molecule has 2 aromatic rings. The van der Waals surface area contributed by atoms with Crippen molar-refractivity contribution in [1.82, 2.24) is 4.90 Å². The van der Waals surface area contributed by atoms with Crippen LogP contribution in [0.4, 0.5) is 14.5 Å². The van der Waals surface area contributed by atoms with Crippen molar-refractivity contribution in [2.75, 3.05) is 11.9 Å². The Labute approximate surface area is 158 Å². The van der Waals surface area contributed by atoms with E-state index in [1.807, 2.05) is 0 Å². The topological polar surface area (TPSA) is 66.5 Å². The van der Waals surface area contributed by atoms with Crippen LogP contribution < -0.4 is 5.32 Å². The fourth-order valence-corrected chi connectivity index (χ4v) is 3.42. The van der Waals surface area contributed by atoms with E-state index in [-0.39, 0.29) is 42.0 Å². The number of carbonyl (C=O) groups is 3. The Morgan fingerprint density at radius 3 is 2.22 bits per heavy atom. The van der Waals surface area contributed by atoms with E-state index in [1.54, 1.807) is 42.5 Å². The number of halogens is 2. The number of fused-ring (bicyclic) bond motifs is 1. The number of hydrogen-bond donors (Lipinski definition) is 1. The molecule has 2 aromatic carbocycles. The Bertz CT molecular complexity index is 854. The Kier molecular flexibility index (Phi) is 5.85. The lowest BCUT2D eigenvalue weighted by molar-refractivity contribution is -0.116. The molecule has 0 radical (unpaired) electrons. The standard InChI is InChI=1S/C19H16F2N2O3S/c20-19(21)27-15-9-4-3-8-14(15)22-16(24)10-5-11-23-17(25)12-6-1-2-7-13(12)18(23)26/h1-4,6-9,19H,5,10-11H2,(H,22,24). The van der Waals surface area contributed by atoms with Gasteiger partial charge in [0.25, 0.3) is 17.6 Å². The van der Waals surface area contributed by atoms with E-state index in [2.05, 4.69) is 5.32 Å². The number of rotatable bonds is 7. The van der Waals surface area contributed by atoms with Crippen molar-refractivity contribution in [3.63, 3.8) is 0 Å². The molecule has 0 saturated heterocycles. The maximum Gasteiger partial charge on any atom is 0.288 e. The fourth-order valence-electron chi connectivity index (χ4n) is 2.82. The molecule has 1 N–H and O–H groups in total. The van der Waals surface area contributed by atoms with Crippen molar-refractivity contribution < 1.29 is 23.2 Å². The minimum Gasteiger partial charge on any atom is -0.325 e. The third-order valence-electron chi connectivity index (χ3n) is 4.04. The lowest BCUT2D eigenvalue weighted by atomic mass is 10.1. The van der Waals surface area contributed by atoms with Crippen LogP contribution >= 0.6 is 11.8 Å². The van der Waals surface area contributed by atoms with Crippen molar-refractivity contribution in [2.24, 2.45) is 0 Å². The average Bonchev–Trinajstić information content (AvgIpc) is 2.88. The SMILES string of the molecule is O=C(CCCN1C(=O)c2ccccc2C1=O)Nc1ccccc1SC(F)F. The second-order valence-corrected chi connectivity index (χ2v) is 6.87. The molecule has 3 rings (SSSR count). The second kappa shape index (κ2) is 8.30. The molecule has 1 aliphatic rings. The largest absolute Gasteiger partial charge is 0.325 e. The van der Waals surface area contributed by atoms with Gasteiger partial charge in [0.05, 0.1) is 16.8 Å². The third-order valence-corrected chi connectivity index (χ3v) is 4.83. The van der Waals surface area contributed by atoms with Gasteiger partial charge in [-0.25, -0.2) is 0 Å². The van der Waals surface area contributed by atoms with E-state index in [0.29, 0.717) is 28.6 Å². The van der Waals surface area contributed by atoms with Crippen LogP contribution in [0.25, 0.3) is 0 Å². The number of thioether (sulfide) groups is 1. The van der Waals surface area contributed by atoms with E-state index in [1.165, 1.54) is 6.07 Å². The zero-order chi connectivity index (χ0) is 19.4. The van der Waals surface area contributed by atoms with E-state index in [0.717, 1.165) is 4.90 Å². The molecule has 27 heavy (non-hydrogen) atoms. The number of benzene rings is 2. The molecule has 8 heteroatoms. The van der Waals surface area contributed by atoms with Crippen molar-refractivity contribution in [2.45, 2.75) is 23.5 Å². The minimum atomic E-state index is -2.59. The summed E-state index contributed by atoms with van der Waals surface area (Å²) in [4.78, 5) is 38.0. The maximum absolute atomic E-state index is 12.6. The van der Waals surface area contributed by atoms with Gasteiger partial charge in [-0.05, 0) is 30.7 Å². The first-order valence-electron chi connectivity index (χ1n) is 8.26. The van der Waals surface area contributed by atoms with Gasteiger partial charge in [-0.3, -0.25) is 19.3 Å². The van der Waals surface area contributed by atoms with Crippen molar-refractivity contribution in [3.8, 4) is 0 Å². The van der Waals surface area contributed by atoms with Gasteiger partial charge in [0.15, 0.2) is 0 Å². The molecule has 0 fully saturated rings. The molecule has 1 aliphatic heterocycles. The zero-order valence-electron chi connectivity index (χ0n) is 14.2. The van der Waals surface area contributed by atoms with Crippen LogP contribution in [0.5, 0.6) is 0 Å². The highest BCUT2D eigenvalue weighted by atomic mass is 32.2. The molecule has 0 unspecified atom stereocenters. The molecule has 0 spiro atoms. The van der Waals surface area contributed by atoms with Gasteiger partial charge in [0.1, 0.15) is 0 Å². The number of amides is 3. The highest BCUT2D eigenvalue weighted by Gasteiger charge is 2.34. The molecule has 140 valence electrons. The van der Waals surface area contributed by atoms with E-state index < -0.39 is 5.76 Å². The average molecular weight is 390 g/mol. The summed E-state index contributed by atoms with van der Waals surface area (Å²) >= 11 is 0.359. The molecule has 0 aromatic heterocycles. The Morgan fingerprint density at radius 1 is 1.00 bits per heavy atom. The van der Waals surface area contributed by atoms with E-state index >= 15 is 0 Å². The minimum absolute atomic E-state index is 0.0566. The highest BCUT2D eigenvalue weighted by molar-refractivity contribution is 7.99. The Balaban J connectivity index is 1.54. The number of hydrogen-bond acceptors (Lipinski definition) is 4. The van der Waals surface area contributed by atoms with Gasteiger partial charge >= 0.3 is 0 Å². The zero-order valence-corrected chi connectivity index (χ0v) is 15.0. The first kappa shape index (κ1) is 19.0. The van der Waals surface area contributed by atoms with Crippen LogP contribution in [0.15, 0.2) is 53.4 Å². The molecule has 0 atom stereocenters. The summed E-state index contributed by atoms with van der Waals surface area (Å²) in [6, 6.07) is 12.9. The summed E-state index contributed by atoms with van der Waals surface area (Å²) in [5.41, 5.74) is 1.04.